The van der Waals surface area contributed by atoms with Crippen molar-refractivity contribution in [3.8, 4) is 40.1 Å². The first-order chi connectivity index (χ1) is 23.0. The lowest BCUT2D eigenvalue weighted by atomic mass is 9.82. The van der Waals surface area contributed by atoms with Crippen LogP contribution in [0.15, 0.2) is 121 Å². The Morgan fingerprint density at radius 2 is 1.21 bits per heavy atom. The monoisotopic (exact) mass is 601 g/mol. The summed E-state index contributed by atoms with van der Waals surface area (Å²) in [5, 5.41) is 22.7. The minimum atomic E-state index is -0.143. The number of fused-ring (bicyclic) bond motifs is 9. The molecule has 2 aliphatic carbocycles. The zero-order valence-electron chi connectivity index (χ0n) is 26.4. The van der Waals surface area contributed by atoms with Crippen LogP contribution >= 0.6 is 0 Å². The fourth-order valence-electron chi connectivity index (χ4n) is 8.52. The van der Waals surface area contributed by atoms with E-state index in [9.17, 15) is 10.5 Å². The highest BCUT2D eigenvalue weighted by Crippen LogP contribution is 2.51. The molecule has 0 N–H and O–H groups in total. The predicted octanol–water partition coefficient (Wildman–Crippen LogP) is 10.6. The minimum Gasteiger partial charge on any atom is -0.309 e. The summed E-state index contributed by atoms with van der Waals surface area (Å²) >= 11 is 0. The number of nitriles is 2. The average Bonchev–Trinajstić information content (AvgIpc) is 3.69. The van der Waals surface area contributed by atoms with Crippen LogP contribution in [0.1, 0.15) is 65.1 Å². The average molecular weight is 602 g/mol. The SMILES string of the molecule is CC1(C)c2ccccc2-c2cc3c4ccccc4n(-c4cc(C#N)c(C#N)cc4CCC4c5ccccc5-c5ccccc54)c3cc21. The molecule has 1 heterocycles. The predicted molar refractivity (Wildman–Crippen MR) is 190 cm³/mol. The van der Waals surface area contributed by atoms with E-state index in [1.807, 2.05) is 12.1 Å². The molecule has 0 bridgehead atoms. The van der Waals surface area contributed by atoms with Crippen molar-refractivity contribution in [3.05, 3.63) is 160 Å². The van der Waals surface area contributed by atoms with Crippen LogP contribution in [0.3, 0.4) is 0 Å². The van der Waals surface area contributed by atoms with Crippen molar-refractivity contribution in [2.45, 2.75) is 38.0 Å². The van der Waals surface area contributed by atoms with Gasteiger partial charge in [0.1, 0.15) is 12.1 Å². The lowest BCUT2D eigenvalue weighted by molar-refractivity contribution is 0.661. The van der Waals surface area contributed by atoms with Crippen molar-refractivity contribution in [1.29, 1.82) is 10.5 Å². The second kappa shape index (κ2) is 10.1. The summed E-state index contributed by atoms with van der Waals surface area (Å²) in [4.78, 5) is 0. The molecule has 0 fully saturated rings. The molecule has 2 aliphatic rings. The quantitative estimate of drug-likeness (QED) is 0.202. The van der Waals surface area contributed by atoms with Crippen molar-refractivity contribution in [2.24, 2.45) is 0 Å². The largest absolute Gasteiger partial charge is 0.309 e. The number of benzene rings is 6. The van der Waals surface area contributed by atoms with Crippen molar-refractivity contribution in [3.63, 3.8) is 0 Å². The van der Waals surface area contributed by atoms with Gasteiger partial charge in [-0.05, 0) is 93.2 Å². The van der Waals surface area contributed by atoms with E-state index in [0.717, 1.165) is 35.1 Å². The van der Waals surface area contributed by atoms with Gasteiger partial charge in [0.25, 0.3) is 0 Å². The van der Waals surface area contributed by atoms with E-state index in [4.69, 9.17) is 0 Å². The van der Waals surface area contributed by atoms with Crippen LogP contribution < -0.4 is 0 Å². The molecule has 9 rings (SSSR count). The Kier molecular flexibility index (Phi) is 5.86. The second-order valence-corrected chi connectivity index (χ2v) is 13.5. The topological polar surface area (TPSA) is 52.5 Å². The van der Waals surface area contributed by atoms with Crippen LogP contribution in [0.25, 0.3) is 49.7 Å². The number of para-hydroxylation sites is 1. The summed E-state index contributed by atoms with van der Waals surface area (Å²) < 4.78 is 2.35. The van der Waals surface area contributed by atoms with Crippen molar-refractivity contribution in [1.82, 2.24) is 4.57 Å². The van der Waals surface area contributed by atoms with Crippen LogP contribution in [0.4, 0.5) is 0 Å². The lowest BCUT2D eigenvalue weighted by Crippen LogP contribution is -2.15. The van der Waals surface area contributed by atoms with Crippen molar-refractivity contribution >= 4 is 21.8 Å². The molecule has 0 amide bonds. The number of nitrogens with zero attached hydrogens (tertiary/aromatic N) is 3. The summed E-state index contributed by atoms with van der Waals surface area (Å²) in [7, 11) is 0. The maximum atomic E-state index is 10.2. The summed E-state index contributed by atoms with van der Waals surface area (Å²) in [6.45, 7) is 4.63. The van der Waals surface area contributed by atoms with Gasteiger partial charge in [-0.2, -0.15) is 10.5 Å². The maximum absolute atomic E-state index is 10.2. The Hall–Kier alpha value is -5.90. The van der Waals surface area contributed by atoms with Crippen molar-refractivity contribution < 1.29 is 0 Å². The molecule has 0 saturated heterocycles. The highest BCUT2D eigenvalue weighted by atomic mass is 15.0. The van der Waals surface area contributed by atoms with E-state index in [1.54, 1.807) is 0 Å². The summed E-state index contributed by atoms with van der Waals surface area (Å²) in [5.41, 5.74) is 15.6. The van der Waals surface area contributed by atoms with Gasteiger partial charge in [0.2, 0.25) is 0 Å². The molecule has 0 spiro atoms. The van der Waals surface area contributed by atoms with Crippen LogP contribution in [0.5, 0.6) is 0 Å². The van der Waals surface area contributed by atoms with Gasteiger partial charge in [-0.3, -0.25) is 0 Å². The molecule has 3 heteroatoms. The third-order valence-electron chi connectivity index (χ3n) is 10.7. The highest BCUT2D eigenvalue weighted by molar-refractivity contribution is 6.11. The molecular formula is C44H31N3. The molecule has 6 aromatic carbocycles. The minimum absolute atomic E-state index is 0.143. The van der Waals surface area contributed by atoms with Gasteiger partial charge in [0.05, 0.1) is 27.8 Å². The Balaban J connectivity index is 1.26. The zero-order chi connectivity index (χ0) is 31.9. The summed E-state index contributed by atoms with van der Waals surface area (Å²) in [5.74, 6) is 0.261. The molecule has 222 valence electrons. The summed E-state index contributed by atoms with van der Waals surface area (Å²) in [6.07, 6.45) is 1.66. The Morgan fingerprint density at radius 1 is 0.596 bits per heavy atom. The first-order valence-corrected chi connectivity index (χ1v) is 16.3. The van der Waals surface area contributed by atoms with Gasteiger partial charge in [-0.15, -0.1) is 0 Å². The molecule has 0 unspecified atom stereocenters. The zero-order valence-corrected chi connectivity index (χ0v) is 26.4. The third-order valence-corrected chi connectivity index (χ3v) is 10.7. The standard InChI is InChI=1S/C44H31N3/c1-44(2)39-17-9-7-15-35(39)37-23-38-36-16-8-10-18-41(36)47(43(38)24-40(37)44)42-22-29(26-46)28(25-45)21-27(42)19-20-34-32-13-5-3-11-30(32)31-12-4-6-14-33(31)34/h3-18,21-24,34H,19-20H2,1-2H3. The van der Waals surface area contributed by atoms with Crippen LogP contribution in [0, 0.1) is 22.7 Å². The van der Waals surface area contributed by atoms with Crippen molar-refractivity contribution in [2.75, 3.05) is 0 Å². The number of aromatic nitrogens is 1. The Bertz CT molecular complexity index is 2490. The maximum Gasteiger partial charge on any atom is 0.101 e. The van der Waals surface area contributed by atoms with E-state index in [0.29, 0.717) is 11.1 Å². The number of rotatable bonds is 4. The molecule has 0 saturated carbocycles. The fraction of sp³-hybridized carbons (Fsp3) is 0.136. The van der Waals surface area contributed by atoms with Gasteiger partial charge in [0, 0.05) is 22.1 Å². The molecule has 7 aromatic rings. The van der Waals surface area contributed by atoms with E-state index in [1.165, 1.54) is 55.3 Å². The normalized spacial score (nSPS) is 14.0. The van der Waals surface area contributed by atoms with Crippen LogP contribution in [-0.4, -0.2) is 4.57 Å². The summed E-state index contributed by atoms with van der Waals surface area (Å²) in [6, 6.07) is 48.1. The molecule has 0 radical (unpaired) electrons. The molecule has 47 heavy (non-hydrogen) atoms. The molecule has 1 aromatic heterocycles. The highest BCUT2D eigenvalue weighted by Gasteiger charge is 2.36. The Morgan fingerprint density at radius 3 is 1.94 bits per heavy atom. The fourth-order valence-corrected chi connectivity index (χ4v) is 8.52. The van der Waals surface area contributed by atoms with Gasteiger partial charge >= 0.3 is 0 Å². The lowest BCUT2D eigenvalue weighted by Gasteiger charge is -2.22. The van der Waals surface area contributed by atoms with E-state index in [2.05, 4.69) is 140 Å². The first-order valence-electron chi connectivity index (χ1n) is 16.3. The molecule has 0 aliphatic heterocycles. The first kappa shape index (κ1) is 27.4. The molecular weight excluding hydrogens is 571 g/mol. The van der Waals surface area contributed by atoms with Crippen LogP contribution in [0.2, 0.25) is 0 Å². The van der Waals surface area contributed by atoms with E-state index < -0.39 is 0 Å². The molecule has 0 atom stereocenters. The van der Waals surface area contributed by atoms with Gasteiger partial charge in [-0.25, -0.2) is 0 Å². The van der Waals surface area contributed by atoms with Gasteiger partial charge in [0.15, 0.2) is 0 Å². The Labute approximate surface area is 274 Å². The molecule has 3 nitrogen and oxygen atoms in total. The number of hydrogen-bond acceptors (Lipinski definition) is 2. The van der Waals surface area contributed by atoms with Crippen LogP contribution in [-0.2, 0) is 11.8 Å². The number of aryl methyl sites for hydroxylation is 1. The van der Waals surface area contributed by atoms with E-state index >= 15 is 0 Å². The second-order valence-electron chi connectivity index (χ2n) is 13.5. The van der Waals surface area contributed by atoms with Gasteiger partial charge in [-0.1, -0.05) is 105 Å². The smallest absolute Gasteiger partial charge is 0.101 e. The third kappa shape index (κ3) is 3.84. The number of hydrogen-bond donors (Lipinski definition) is 0. The van der Waals surface area contributed by atoms with Gasteiger partial charge < -0.3 is 4.57 Å². The van der Waals surface area contributed by atoms with E-state index in [-0.39, 0.29) is 11.3 Å².